The quantitative estimate of drug-likeness (QED) is 0.375. The number of halogens is 1. The monoisotopic (exact) mass is 500 g/mol. The first-order valence-corrected chi connectivity index (χ1v) is 10.3. The van der Waals surface area contributed by atoms with E-state index >= 15 is 0 Å². The number of para-hydroxylation sites is 1. The normalized spacial score (nSPS) is 13.9. The number of nitrogens with one attached hydrogen (secondary N) is 1. The van der Waals surface area contributed by atoms with Crippen LogP contribution in [-0.4, -0.2) is 34.0 Å². The fourth-order valence-corrected chi connectivity index (χ4v) is 3.61. The molecule has 0 bridgehead atoms. The van der Waals surface area contributed by atoms with Crippen molar-refractivity contribution in [2.75, 3.05) is 24.5 Å². The Morgan fingerprint density at radius 3 is 2.56 bits per heavy atom. The van der Waals surface area contributed by atoms with Gasteiger partial charge in [-0.1, -0.05) is 30.3 Å². The first kappa shape index (κ1) is 21.6. The van der Waals surface area contributed by atoms with Crippen LogP contribution >= 0.6 is 24.0 Å². The van der Waals surface area contributed by atoms with E-state index in [1.54, 1.807) is 12.1 Å². The summed E-state index contributed by atoms with van der Waals surface area (Å²) >= 11 is 0. The Bertz CT molecular complexity index is 898. The Labute approximate surface area is 177 Å². The van der Waals surface area contributed by atoms with E-state index in [1.807, 2.05) is 6.07 Å². The predicted molar refractivity (Wildman–Crippen MR) is 120 cm³/mol. The van der Waals surface area contributed by atoms with Crippen LogP contribution in [0.4, 0.5) is 5.69 Å². The summed E-state index contributed by atoms with van der Waals surface area (Å²) in [5, 5.41) is 8.49. The van der Waals surface area contributed by atoms with Gasteiger partial charge in [0.2, 0.25) is 10.0 Å². The van der Waals surface area contributed by atoms with E-state index in [1.165, 1.54) is 23.4 Å². The van der Waals surface area contributed by atoms with Gasteiger partial charge in [-0.25, -0.2) is 13.6 Å². The summed E-state index contributed by atoms with van der Waals surface area (Å²) in [6.45, 7) is 4.41. The zero-order valence-corrected chi connectivity index (χ0v) is 18.4. The molecule has 27 heavy (non-hydrogen) atoms. The van der Waals surface area contributed by atoms with E-state index in [2.05, 4.69) is 35.3 Å². The van der Waals surface area contributed by atoms with Gasteiger partial charge in [0, 0.05) is 25.3 Å². The lowest BCUT2D eigenvalue weighted by atomic mass is 10.1. The molecule has 0 aliphatic carbocycles. The molecule has 1 aliphatic heterocycles. The minimum Gasteiger partial charge on any atom is -0.356 e. The van der Waals surface area contributed by atoms with Gasteiger partial charge in [-0.05, 0) is 49.1 Å². The highest BCUT2D eigenvalue weighted by Gasteiger charge is 2.22. The summed E-state index contributed by atoms with van der Waals surface area (Å²) in [5.41, 5.74) is 3.58. The molecule has 3 rings (SSSR count). The van der Waals surface area contributed by atoms with Crippen molar-refractivity contribution >= 4 is 45.6 Å². The number of nitrogens with zero attached hydrogens (tertiary/aromatic N) is 2. The van der Waals surface area contributed by atoms with Crippen LogP contribution < -0.4 is 15.4 Å². The second kappa shape index (κ2) is 9.52. The van der Waals surface area contributed by atoms with Crippen LogP contribution in [0.1, 0.15) is 18.1 Å². The molecule has 6 nitrogen and oxygen atoms in total. The van der Waals surface area contributed by atoms with Crippen LogP contribution in [-0.2, 0) is 22.9 Å². The number of benzene rings is 2. The van der Waals surface area contributed by atoms with Crippen molar-refractivity contribution in [2.24, 2.45) is 10.1 Å². The molecule has 146 valence electrons. The van der Waals surface area contributed by atoms with E-state index in [-0.39, 0.29) is 28.9 Å². The Hall–Kier alpha value is -1.65. The van der Waals surface area contributed by atoms with Gasteiger partial charge in [0.05, 0.1) is 4.90 Å². The lowest BCUT2D eigenvalue weighted by molar-refractivity contribution is 0.598. The molecular weight excluding hydrogens is 475 g/mol. The molecule has 0 fully saturated rings. The molecule has 0 atom stereocenters. The number of fused-ring (bicyclic) bond motifs is 1. The average molecular weight is 500 g/mol. The van der Waals surface area contributed by atoms with Crippen LogP contribution in [0.2, 0.25) is 0 Å². The molecular formula is C19H25IN4O2S. The zero-order chi connectivity index (χ0) is 18.6. The van der Waals surface area contributed by atoms with Gasteiger partial charge in [-0.3, -0.25) is 4.99 Å². The molecule has 2 aromatic rings. The molecule has 0 spiro atoms. The number of anilines is 1. The molecule has 0 aromatic heterocycles. The van der Waals surface area contributed by atoms with Crippen LogP contribution in [0.5, 0.6) is 0 Å². The van der Waals surface area contributed by atoms with Crippen molar-refractivity contribution in [1.29, 1.82) is 0 Å². The summed E-state index contributed by atoms with van der Waals surface area (Å²) in [6, 6.07) is 15.0. The van der Waals surface area contributed by atoms with Gasteiger partial charge in [0.25, 0.3) is 0 Å². The highest BCUT2D eigenvalue weighted by molar-refractivity contribution is 14.0. The van der Waals surface area contributed by atoms with Crippen molar-refractivity contribution in [3.05, 3.63) is 59.7 Å². The summed E-state index contributed by atoms with van der Waals surface area (Å²) in [7, 11) is -3.64. The lowest BCUT2D eigenvalue weighted by Crippen LogP contribution is -2.40. The van der Waals surface area contributed by atoms with Gasteiger partial charge in [0.1, 0.15) is 0 Å². The van der Waals surface area contributed by atoms with Gasteiger partial charge < -0.3 is 10.2 Å². The van der Waals surface area contributed by atoms with Gasteiger partial charge in [-0.15, -0.1) is 24.0 Å². The first-order valence-electron chi connectivity index (χ1n) is 8.74. The maximum absolute atomic E-state index is 11.3. The predicted octanol–water partition coefficient (Wildman–Crippen LogP) is 2.52. The van der Waals surface area contributed by atoms with Gasteiger partial charge >= 0.3 is 0 Å². The third-order valence-electron chi connectivity index (χ3n) is 4.39. The highest BCUT2D eigenvalue weighted by atomic mass is 127. The SMILES string of the molecule is CCNC(=NCCc1ccc(S(N)(=O)=O)cc1)N1CCc2ccccc21.I. The highest BCUT2D eigenvalue weighted by Crippen LogP contribution is 2.27. The number of rotatable bonds is 5. The molecule has 1 heterocycles. The third-order valence-corrected chi connectivity index (χ3v) is 5.32. The number of sulfonamides is 1. The fraction of sp³-hybridized carbons (Fsp3) is 0.316. The smallest absolute Gasteiger partial charge is 0.238 e. The first-order chi connectivity index (χ1) is 12.5. The summed E-state index contributed by atoms with van der Waals surface area (Å²) in [4.78, 5) is 7.11. The van der Waals surface area contributed by atoms with Crippen LogP contribution in [0.25, 0.3) is 0 Å². The van der Waals surface area contributed by atoms with E-state index in [4.69, 9.17) is 10.1 Å². The topological polar surface area (TPSA) is 87.8 Å². The van der Waals surface area contributed by atoms with Crippen molar-refractivity contribution in [3.63, 3.8) is 0 Å². The summed E-state index contributed by atoms with van der Waals surface area (Å²) in [6.07, 6.45) is 1.75. The molecule has 1 aliphatic rings. The largest absolute Gasteiger partial charge is 0.356 e. The Kier molecular flexibility index (Phi) is 7.63. The molecule has 0 radical (unpaired) electrons. The number of guanidine groups is 1. The molecule has 0 unspecified atom stereocenters. The number of nitrogens with two attached hydrogens (primary N) is 1. The zero-order valence-electron chi connectivity index (χ0n) is 15.3. The van der Waals surface area contributed by atoms with E-state index in [0.29, 0.717) is 6.54 Å². The van der Waals surface area contributed by atoms with Gasteiger partial charge in [-0.2, -0.15) is 0 Å². The van der Waals surface area contributed by atoms with Gasteiger partial charge in [0.15, 0.2) is 5.96 Å². The molecule has 0 amide bonds. The average Bonchev–Trinajstić information content (AvgIpc) is 3.05. The van der Waals surface area contributed by atoms with Crippen molar-refractivity contribution < 1.29 is 8.42 Å². The third kappa shape index (κ3) is 5.43. The fourth-order valence-electron chi connectivity index (χ4n) is 3.09. The molecule has 0 saturated carbocycles. The minimum absolute atomic E-state index is 0. The number of primary sulfonamides is 1. The maximum atomic E-state index is 11.3. The second-order valence-corrected chi connectivity index (χ2v) is 7.77. The standard InChI is InChI=1S/C19H24N4O2S.HI/c1-2-21-19(23-14-12-16-5-3-4-6-18(16)23)22-13-11-15-7-9-17(10-8-15)26(20,24)25;/h3-10H,2,11-14H2,1H3,(H,21,22)(H2,20,24,25);1H. The van der Waals surface area contributed by atoms with Crippen molar-refractivity contribution in [2.45, 2.75) is 24.7 Å². The Balaban J connectivity index is 0.00000261. The van der Waals surface area contributed by atoms with Crippen molar-refractivity contribution in [3.8, 4) is 0 Å². The summed E-state index contributed by atoms with van der Waals surface area (Å²) in [5.74, 6) is 0.888. The molecule has 2 aromatic carbocycles. The number of hydrogen-bond acceptors (Lipinski definition) is 3. The Morgan fingerprint density at radius 2 is 1.89 bits per heavy atom. The van der Waals surface area contributed by atoms with E-state index < -0.39 is 10.0 Å². The van der Waals surface area contributed by atoms with Crippen LogP contribution in [0.3, 0.4) is 0 Å². The minimum atomic E-state index is -3.64. The van der Waals surface area contributed by atoms with Crippen molar-refractivity contribution in [1.82, 2.24) is 5.32 Å². The Morgan fingerprint density at radius 1 is 1.19 bits per heavy atom. The number of aliphatic imine (C=N–C) groups is 1. The maximum Gasteiger partial charge on any atom is 0.238 e. The van der Waals surface area contributed by atoms with Crippen LogP contribution in [0.15, 0.2) is 58.4 Å². The molecule has 3 N–H and O–H groups in total. The lowest BCUT2D eigenvalue weighted by Gasteiger charge is -2.22. The molecule has 0 saturated heterocycles. The van der Waals surface area contributed by atoms with Crippen LogP contribution in [0, 0.1) is 0 Å². The molecule has 8 heteroatoms. The van der Waals surface area contributed by atoms with E-state index in [0.717, 1.165) is 37.5 Å². The van der Waals surface area contributed by atoms with E-state index in [9.17, 15) is 8.42 Å². The summed E-state index contributed by atoms with van der Waals surface area (Å²) < 4.78 is 22.6. The number of hydrogen-bond donors (Lipinski definition) is 2. The second-order valence-electron chi connectivity index (χ2n) is 6.20.